The molecule has 0 spiro atoms. The van der Waals surface area contributed by atoms with E-state index in [0.29, 0.717) is 12.5 Å². The molecule has 0 radical (unpaired) electrons. The minimum atomic E-state index is -0.625. The van der Waals surface area contributed by atoms with Gasteiger partial charge in [0, 0.05) is 0 Å². The maximum atomic E-state index is 12.2. The molecule has 3 unspecified atom stereocenters. The van der Waals surface area contributed by atoms with Crippen molar-refractivity contribution in [3.05, 3.63) is 0 Å². The Labute approximate surface area is 131 Å². The SMILES string of the molecule is O=C1CC(NC(=O)C2CCCN2)C(OCC2CCCCC2)O1. The summed E-state index contributed by atoms with van der Waals surface area (Å²) in [5, 5.41) is 6.08. The third-order valence-electron chi connectivity index (χ3n) is 4.89. The van der Waals surface area contributed by atoms with Gasteiger partial charge in [-0.05, 0) is 38.1 Å². The fourth-order valence-electron chi connectivity index (χ4n) is 3.58. The molecule has 2 aliphatic heterocycles. The van der Waals surface area contributed by atoms with Gasteiger partial charge in [-0.2, -0.15) is 0 Å². The molecule has 1 saturated carbocycles. The summed E-state index contributed by atoms with van der Waals surface area (Å²) in [4.78, 5) is 23.7. The largest absolute Gasteiger partial charge is 0.433 e. The summed E-state index contributed by atoms with van der Waals surface area (Å²) >= 11 is 0. The lowest BCUT2D eigenvalue weighted by atomic mass is 9.90. The maximum absolute atomic E-state index is 12.2. The van der Waals surface area contributed by atoms with Gasteiger partial charge in [-0.1, -0.05) is 19.3 Å². The Balaban J connectivity index is 1.48. The summed E-state index contributed by atoms with van der Waals surface area (Å²) in [6, 6.07) is -0.499. The van der Waals surface area contributed by atoms with Gasteiger partial charge in [0.15, 0.2) is 0 Å². The topological polar surface area (TPSA) is 76.7 Å². The molecule has 1 aliphatic carbocycles. The molecular formula is C16H26N2O4. The Morgan fingerprint density at radius 2 is 2.05 bits per heavy atom. The first-order valence-corrected chi connectivity index (χ1v) is 8.57. The second kappa shape index (κ2) is 7.42. The van der Waals surface area contributed by atoms with E-state index in [1.165, 1.54) is 32.1 Å². The van der Waals surface area contributed by atoms with Gasteiger partial charge in [0.05, 0.1) is 19.1 Å². The fraction of sp³-hybridized carbons (Fsp3) is 0.875. The standard InChI is InChI=1S/C16H26N2O4/c19-14-9-13(18-15(20)12-7-4-8-17-12)16(22-14)21-10-11-5-2-1-3-6-11/h11-13,16-17H,1-10H2,(H,18,20). The van der Waals surface area contributed by atoms with Gasteiger partial charge >= 0.3 is 5.97 Å². The fourth-order valence-corrected chi connectivity index (χ4v) is 3.58. The highest BCUT2D eigenvalue weighted by Gasteiger charge is 2.38. The Kier molecular flexibility index (Phi) is 5.31. The molecule has 3 fully saturated rings. The summed E-state index contributed by atoms with van der Waals surface area (Å²) in [6.07, 6.45) is 7.63. The molecule has 3 rings (SSSR count). The summed E-state index contributed by atoms with van der Waals surface area (Å²) < 4.78 is 11.0. The lowest BCUT2D eigenvalue weighted by molar-refractivity contribution is -0.168. The van der Waals surface area contributed by atoms with Crippen molar-refractivity contribution < 1.29 is 19.1 Å². The predicted molar refractivity (Wildman–Crippen MR) is 80.0 cm³/mol. The zero-order chi connectivity index (χ0) is 15.4. The molecule has 3 aliphatic rings. The molecule has 0 aromatic rings. The van der Waals surface area contributed by atoms with E-state index in [9.17, 15) is 9.59 Å². The van der Waals surface area contributed by atoms with Gasteiger partial charge in [0.25, 0.3) is 0 Å². The van der Waals surface area contributed by atoms with Gasteiger partial charge in [-0.3, -0.25) is 9.59 Å². The predicted octanol–water partition coefficient (Wildman–Crippen LogP) is 1.09. The van der Waals surface area contributed by atoms with Crippen molar-refractivity contribution >= 4 is 11.9 Å². The van der Waals surface area contributed by atoms with Crippen molar-refractivity contribution in [2.24, 2.45) is 5.92 Å². The van der Waals surface area contributed by atoms with E-state index in [4.69, 9.17) is 9.47 Å². The van der Waals surface area contributed by atoms with E-state index in [1.807, 2.05) is 0 Å². The molecule has 0 bridgehead atoms. The first-order chi connectivity index (χ1) is 10.7. The van der Waals surface area contributed by atoms with Gasteiger partial charge < -0.3 is 20.1 Å². The lowest BCUT2D eigenvalue weighted by Gasteiger charge is -2.25. The molecule has 6 nitrogen and oxygen atoms in total. The second-order valence-corrected chi connectivity index (χ2v) is 6.66. The van der Waals surface area contributed by atoms with Gasteiger partial charge in [0.1, 0.15) is 6.04 Å². The van der Waals surface area contributed by atoms with E-state index in [-0.39, 0.29) is 30.4 Å². The van der Waals surface area contributed by atoms with Crippen LogP contribution in [0.1, 0.15) is 51.4 Å². The maximum Gasteiger partial charge on any atom is 0.310 e. The number of amides is 1. The number of hydrogen-bond donors (Lipinski definition) is 2. The van der Waals surface area contributed by atoms with E-state index < -0.39 is 6.29 Å². The summed E-state index contributed by atoms with van der Waals surface area (Å²) in [5.41, 5.74) is 0. The van der Waals surface area contributed by atoms with Crippen LogP contribution in [0.4, 0.5) is 0 Å². The molecule has 6 heteroatoms. The molecule has 2 N–H and O–H groups in total. The van der Waals surface area contributed by atoms with Crippen LogP contribution in [-0.4, -0.2) is 43.4 Å². The quantitative estimate of drug-likeness (QED) is 0.744. The zero-order valence-electron chi connectivity index (χ0n) is 13.0. The van der Waals surface area contributed by atoms with Crippen LogP contribution >= 0.6 is 0 Å². The van der Waals surface area contributed by atoms with Crippen LogP contribution in [0.2, 0.25) is 0 Å². The summed E-state index contributed by atoms with van der Waals surface area (Å²) in [6.45, 7) is 1.49. The minimum Gasteiger partial charge on any atom is -0.433 e. The average Bonchev–Trinajstić information content (AvgIpc) is 3.16. The third-order valence-corrected chi connectivity index (χ3v) is 4.89. The van der Waals surface area contributed by atoms with Crippen molar-refractivity contribution in [3.8, 4) is 0 Å². The van der Waals surface area contributed by atoms with Crippen molar-refractivity contribution in [1.82, 2.24) is 10.6 Å². The molecule has 124 valence electrons. The highest BCUT2D eigenvalue weighted by atomic mass is 16.7. The Morgan fingerprint density at radius 1 is 1.23 bits per heavy atom. The first kappa shape index (κ1) is 15.7. The van der Waals surface area contributed by atoms with Crippen molar-refractivity contribution in [2.45, 2.75) is 69.7 Å². The van der Waals surface area contributed by atoms with Gasteiger partial charge in [0.2, 0.25) is 12.2 Å². The number of rotatable bonds is 5. The van der Waals surface area contributed by atoms with Gasteiger partial charge in [-0.25, -0.2) is 0 Å². The number of cyclic esters (lactones) is 1. The Morgan fingerprint density at radius 3 is 2.77 bits per heavy atom. The third kappa shape index (κ3) is 3.98. The second-order valence-electron chi connectivity index (χ2n) is 6.66. The molecule has 2 heterocycles. The van der Waals surface area contributed by atoms with Crippen LogP contribution in [0.25, 0.3) is 0 Å². The van der Waals surface area contributed by atoms with Crippen LogP contribution in [0.5, 0.6) is 0 Å². The number of hydrogen-bond acceptors (Lipinski definition) is 5. The van der Waals surface area contributed by atoms with E-state index >= 15 is 0 Å². The molecule has 22 heavy (non-hydrogen) atoms. The minimum absolute atomic E-state index is 0.0490. The molecule has 3 atom stereocenters. The van der Waals surface area contributed by atoms with Crippen LogP contribution in [0.15, 0.2) is 0 Å². The van der Waals surface area contributed by atoms with Crippen LogP contribution in [-0.2, 0) is 19.1 Å². The zero-order valence-corrected chi connectivity index (χ0v) is 13.0. The van der Waals surface area contributed by atoms with Crippen LogP contribution in [0, 0.1) is 5.92 Å². The summed E-state index contributed by atoms with van der Waals surface area (Å²) in [5.74, 6) is 0.214. The van der Waals surface area contributed by atoms with Crippen LogP contribution in [0.3, 0.4) is 0 Å². The number of ether oxygens (including phenoxy) is 2. The molecule has 0 aromatic heterocycles. The average molecular weight is 310 g/mol. The van der Waals surface area contributed by atoms with E-state index in [2.05, 4.69) is 10.6 Å². The smallest absolute Gasteiger partial charge is 0.310 e. The van der Waals surface area contributed by atoms with Crippen molar-refractivity contribution in [1.29, 1.82) is 0 Å². The highest BCUT2D eigenvalue weighted by molar-refractivity contribution is 5.83. The molecular weight excluding hydrogens is 284 g/mol. The monoisotopic (exact) mass is 310 g/mol. The summed E-state index contributed by atoms with van der Waals surface area (Å²) in [7, 11) is 0. The molecule has 1 amide bonds. The lowest BCUT2D eigenvalue weighted by Crippen LogP contribution is -2.48. The van der Waals surface area contributed by atoms with E-state index in [1.54, 1.807) is 0 Å². The molecule has 0 aromatic carbocycles. The Hall–Kier alpha value is -1.14. The highest BCUT2D eigenvalue weighted by Crippen LogP contribution is 2.25. The normalized spacial score (nSPS) is 32.9. The molecule has 2 saturated heterocycles. The van der Waals surface area contributed by atoms with Gasteiger partial charge in [-0.15, -0.1) is 0 Å². The number of nitrogens with one attached hydrogen (secondary N) is 2. The number of carbonyl (C=O) groups is 2. The first-order valence-electron chi connectivity index (χ1n) is 8.57. The van der Waals surface area contributed by atoms with Crippen molar-refractivity contribution in [3.63, 3.8) is 0 Å². The number of carbonyl (C=O) groups excluding carboxylic acids is 2. The van der Waals surface area contributed by atoms with Crippen molar-refractivity contribution in [2.75, 3.05) is 13.2 Å². The number of esters is 1. The Bertz CT molecular complexity index is 403. The van der Waals surface area contributed by atoms with Crippen LogP contribution < -0.4 is 10.6 Å². The van der Waals surface area contributed by atoms with E-state index in [0.717, 1.165) is 19.4 Å².